The Hall–Kier alpha value is -2.99. The van der Waals surface area contributed by atoms with Gasteiger partial charge in [-0.3, -0.25) is 9.59 Å². The molecule has 0 heterocycles. The lowest BCUT2D eigenvalue weighted by Gasteiger charge is -2.14. The van der Waals surface area contributed by atoms with Crippen LogP contribution in [0.15, 0.2) is 48.5 Å². The number of carbonyl (C=O) groups is 2. The first kappa shape index (κ1) is 22.3. The van der Waals surface area contributed by atoms with E-state index in [1.54, 1.807) is 18.2 Å². The van der Waals surface area contributed by atoms with E-state index < -0.39 is 17.9 Å². The molecule has 0 aliphatic carbocycles. The first-order valence-electron chi connectivity index (χ1n) is 9.26. The number of carbonyl (C=O) groups excluding carboxylic acids is 2. The average molecular weight is 417 g/mol. The summed E-state index contributed by atoms with van der Waals surface area (Å²) in [4.78, 5) is 24.0. The fourth-order valence-corrected chi connectivity index (χ4v) is 2.92. The lowest BCUT2D eigenvalue weighted by molar-refractivity contribution is -0.124. The molecule has 29 heavy (non-hydrogen) atoms. The second kappa shape index (κ2) is 11.1. The number of ether oxygens (including phenoxy) is 2. The van der Waals surface area contributed by atoms with Crippen molar-refractivity contribution in [1.82, 2.24) is 5.32 Å². The van der Waals surface area contributed by atoms with Crippen molar-refractivity contribution >= 4 is 29.5 Å². The lowest BCUT2D eigenvalue weighted by Crippen LogP contribution is -2.45. The molecule has 2 aromatic carbocycles. The molecule has 2 amide bonds. The van der Waals surface area contributed by atoms with E-state index in [2.05, 4.69) is 5.32 Å². The molecule has 154 valence electrons. The van der Waals surface area contributed by atoms with E-state index in [1.807, 2.05) is 37.3 Å². The molecule has 2 rings (SSSR count). The highest BCUT2D eigenvalue weighted by molar-refractivity contribution is 6.32. The van der Waals surface area contributed by atoms with E-state index in [9.17, 15) is 9.59 Å². The molecule has 0 aromatic heterocycles. The van der Waals surface area contributed by atoms with Crippen LogP contribution in [0, 0.1) is 0 Å². The molecule has 0 aliphatic rings. The third kappa shape index (κ3) is 6.84. The van der Waals surface area contributed by atoms with Crippen molar-refractivity contribution in [2.24, 2.45) is 5.73 Å². The van der Waals surface area contributed by atoms with Crippen LogP contribution >= 0.6 is 11.6 Å². The minimum absolute atomic E-state index is 0.318. The van der Waals surface area contributed by atoms with Crippen LogP contribution in [0.2, 0.25) is 5.02 Å². The molecule has 0 fully saturated rings. The number of halogens is 1. The molecule has 2 aromatic rings. The number of rotatable bonds is 10. The Morgan fingerprint density at radius 2 is 1.97 bits per heavy atom. The van der Waals surface area contributed by atoms with Gasteiger partial charge in [0.2, 0.25) is 11.8 Å². The van der Waals surface area contributed by atoms with Gasteiger partial charge in [-0.05, 0) is 35.8 Å². The van der Waals surface area contributed by atoms with Crippen molar-refractivity contribution in [3.8, 4) is 11.5 Å². The van der Waals surface area contributed by atoms with Gasteiger partial charge in [0, 0.05) is 12.5 Å². The molecule has 6 nitrogen and oxygen atoms in total. The van der Waals surface area contributed by atoms with Gasteiger partial charge in [0.25, 0.3) is 0 Å². The zero-order valence-electron chi connectivity index (χ0n) is 16.5. The van der Waals surface area contributed by atoms with Crippen molar-refractivity contribution in [2.75, 3.05) is 13.7 Å². The maximum atomic E-state index is 12.3. The Bertz CT molecular complexity index is 869. The summed E-state index contributed by atoms with van der Waals surface area (Å²) in [5, 5.41) is 3.01. The quantitative estimate of drug-likeness (QED) is 0.581. The van der Waals surface area contributed by atoms with Gasteiger partial charge in [0.05, 0.1) is 18.7 Å². The summed E-state index contributed by atoms with van der Waals surface area (Å²) in [6, 6.07) is 11.9. The van der Waals surface area contributed by atoms with E-state index in [4.69, 9.17) is 26.8 Å². The van der Waals surface area contributed by atoms with Crippen molar-refractivity contribution in [1.29, 1.82) is 0 Å². The molecule has 3 N–H and O–H groups in total. The van der Waals surface area contributed by atoms with Crippen LogP contribution in [0.4, 0.5) is 0 Å². The van der Waals surface area contributed by atoms with Crippen molar-refractivity contribution in [3.63, 3.8) is 0 Å². The molecular weight excluding hydrogens is 392 g/mol. The maximum Gasteiger partial charge on any atom is 0.244 e. The monoisotopic (exact) mass is 416 g/mol. The Morgan fingerprint density at radius 1 is 1.24 bits per heavy atom. The molecule has 0 bridgehead atoms. The molecule has 1 atom stereocenters. The predicted molar refractivity (Wildman–Crippen MR) is 114 cm³/mol. The topological polar surface area (TPSA) is 90.6 Å². The largest absolute Gasteiger partial charge is 0.493 e. The maximum absolute atomic E-state index is 12.3. The minimum atomic E-state index is -0.808. The molecule has 7 heteroatoms. The third-order valence-corrected chi connectivity index (χ3v) is 4.35. The number of methoxy groups -OCH3 is 1. The zero-order chi connectivity index (χ0) is 21.2. The minimum Gasteiger partial charge on any atom is -0.493 e. The van der Waals surface area contributed by atoms with E-state index in [1.165, 1.54) is 13.2 Å². The van der Waals surface area contributed by atoms with Crippen molar-refractivity contribution < 1.29 is 19.1 Å². The molecule has 0 saturated carbocycles. The standard InChI is InChI=1S/C22H25ClN2O4/c1-3-11-29-21-17(23)12-16(14-19(21)28-2)9-10-20(26)25-18(22(24)27)13-15-7-5-4-6-8-15/h4-10,12,14,18H,3,11,13H2,1-2H3,(H2,24,27)(H,25,26)/b10-9+. The smallest absolute Gasteiger partial charge is 0.244 e. The zero-order valence-corrected chi connectivity index (χ0v) is 17.2. The van der Waals surface area contributed by atoms with Gasteiger partial charge >= 0.3 is 0 Å². The molecule has 0 radical (unpaired) electrons. The number of primary amides is 1. The highest BCUT2D eigenvalue weighted by Gasteiger charge is 2.17. The summed E-state index contributed by atoms with van der Waals surface area (Å²) in [7, 11) is 1.52. The summed E-state index contributed by atoms with van der Waals surface area (Å²) < 4.78 is 10.9. The van der Waals surface area contributed by atoms with Crippen molar-refractivity contribution in [3.05, 3.63) is 64.7 Å². The fraction of sp³-hybridized carbons (Fsp3) is 0.273. The van der Waals surface area contributed by atoms with Gasteiger partial charge in [-0.2, -0.15) is 0 Å². The Balaban J connectivity index is 2.08. The van der Waals surface area contributed by atoms with Gasteiger partial charge in [0.15, 0.2) is 11.5 Å². The van der Waals surface area contributed by atoms with Crippen LogP contribution in [0.3, 0.4) is 0 Å². The van der Waals surface area contributed by atoms with Gasteiger partial charge in [0.1, 0.15) is 6.04 Å². The van der Waals surface area contributed by atoms with E-state index in [-0.39, 0.29) is 0 Å². The SMILES string of the molecule is CCCOc1c(Cl)cc(/C=C/C(=O)NC(Cc2ccccc2)C(N)=O)cc1OC. The lowest BCUT2D eigenvalue weighted by atomic mass is 10.1. The molecule has 0 spiro atoms. The Labute approximate surface area is 175 Å². The molecular formula is C22H25ClN2O4. The summed E-state index contributed by atoms with van der Waals surface area (Å²) >= 11 is 6.28. The predicted octanol–water partition coefficient (Wildman–Crippen LogP) is 3.36. The third-order valence-electron chi connectivity index (χ3n) is 4.07. The normalized spacial score (nSPS) is 11.8. The van der Waals surface area contributed by atoms with Crippen LogP contribution in [0.5, 0.6) is 11.5 Å². The first-order valence-corrected chi connectivity index (χ1v) is 9.64. The highest BCUT2D eigenvalue weighted by atomic mass is 35.5. The molecule has 0 aliphatic heterocycles. The average Bonchev–Trinajstić information content (AvgIpc) is 2.71. The number of nitrogens with two attached hydrogens (primary N) is 1. The van der Waals surface area contributed by atoms with E-state index in [0.717, 1.165) is 12.0 Å². The molecule has 0 saturated heterocycles. The molecule has 1 unspecified atom stereocenters. The second-order valence-electron chi connectivity index (χ2n) is 6.37. The summed E-state index contributed by atoms with van der Waals surface area (Å²) in [6.45, 7) is 2.51. The van der Waals surface area contributed by atoms with Crippen LogP contribution < -0.4 is 20.5 Å². The van der Waals surface area contributed by atoms with Gasteiger partial charge < -0.3 is 20.5 Å². The summed E-state index contributed by atoms with van der Waals surface area (Å²) in [6.07, 6.45) is 4.05. The Kier molecular flexibility index (Phi) is 8.55. The second-order valence-corrected chi connectivity index (χ2v) is 6.78. The summed E-state index contributed by atoms with van der Waals surface area (Å²) in [5.41, 5.74) is 6.99. The van der Waals surface area contributed by atoms with Gasteiger partial charge in [-0.25, -0.2) is 0 Å². The fourth-order valence-electron chi connectivity index (χ4n) is 2.64. The number of hydrogen-bond acceptors (Lipinski definition) is 4. The number of amides is 2. The van der Waals surface area contributed by atoms with E-state index in [0.29, 0.717) is 35.1 Å². The highest BCUT2D eigenvalue weighted by Crippen LogP contribution is 2.36. The number of nitrogens with one attached hydrogen (secondary N) is 1. The van der Waals surface area contributed by atoms with Crippen LogP contribution in [0.25, 0.3) is 6.08 Å². The number of benzene rings is 2. The van der Waals surface area contributed by atoms with Crippen molar-refractivity contribution in [2.45, 2.75) is 25.8 Å². The van der Waals surface area contributed by atoms with Gasteiger partial charge in [-0.15, -0.1) is 0 Å². The van der Waals surface area contributed by atoms with Crippen LogP contribution in [0.1, 0.15) is 24.5 Å². The summed E-state index contributed by atoms with van der Waals surface area (Å²) in [5.74, 6) is -0.0942. The number of hydrogen-bond donors (Lipinski definition) is 2. The van der Waals surface area contributed by atoms with Crippen LogP contribution in [-0.4, -0.2) is 31.6 Å². The van der Waals surface area contributed by atoms with E-state index >= 15 is 0 Å². The van der Waals surface area contributed by atoms with Crippen LogP contribution in [-0.2, 0) is 16.0 Å². The van der Waals surface area contributed by atoms with Gasteiger partial charge in [-0.1, -0.05) is 48.9 Å². The first-order chi connectivity index (χ1) is 13.9. The Morgan fingerprint density at radius 3 is 2.59 bits per heavy atom.